The molecule has 0 aromatic heterocycles. The van der Waals surface area contributed by atoms with Crippen molar-refractivity contribution in [2.45, 2.75) is 83.2 Å². The fraction of sp³-hybridized carbons (Fsp3) is 0.750. The van der Waals surface area contributed by atoms with Crippen LogP contribution in [0.15, 0.2) is 0 Å². The first-order chi connectivity index (χ1) is 23.4. The fourth-order valence-electron chi connectivity index (χ4n) is 3.48. The number of Topliss-reactive ketones (excluding diaryl/α,β-unsaturated/α-hetero) is 4. The van der Waals surface area contributed by atoms with Crippen molar-refractivity contribution in [3.63, 3.8) is 0 Å². The molecule has 0 aliphatic heterocycles. The van der Waals surface area contributed by atoms with Gasteiger partial charge in [-0.05, 0) is 0 Å². The number of carbonyl (C=O) groups is 5. The summed E-state index contributed by atoms with van der Waals surface area (Å²) >= 11 is 0. The number of methoxy groups -OCH3 is 1. The summed E-state index contributed by atoms with van der Waals surface area (Å²) in [6, 6.07) is 0. The Morgan fingerprint density at radius 2 is 0.527 bits per heavy atom. The third kappa shape index (κ3) is 6.55. The smallest absolute Gasteiger partial charge is 0.460 e. The van der Waals surface area contributed by atoms with Crippen molar-refractivity contribution in [2.75, 3.05) is 7.11 Å². The number of esters is 1. The number of ketones is 4. The largest absolute Gasteiger partial charge is 0.466 e. The Bertz CT molecular complexity index is 1560. The van der Waals surface area contributed by atoms with E-state index >= 15 is 0 Å². The maximum atomic E-state index is 15.0. The van der Waals surface area contributed by atoms with Gasteiger partial charge in [0.25, 0.3) is 23.1 Å². The molecule has 55 heavy (non-hydrogen) atoms. The first kappa shape index (κ1) is 51.1. The third-order valence-electron chi connectivity index (χ3n) is 6.47. The molecular weight excluding hydrogens is 887 g/mol. The zero-order valence-corrected chi connectivity index (χ0v) is 23.9. The molecule has 4 unspecified atom stereocenters. The van der Waals surface area contributed by atoms with E-state index in [2.05, 4.69) is 4.74 Å². The summed E-state index contributed by atoms with van der Waals surface area (Å²) in [4.78, 5) is 57.3. The summed E-state index contributed by atoms with van der Waals surface area (Å²) in [6.45, 7) is 0. The van der Waals surface area contributed by atoms with Gasteiger partial charge in [-0.1, -0.05) is 0 Å². The Morgan fingerprint density at radius 1 is 0.309 bits per heavy atom. The Kier molecular flexibility index (Phi) is 12.2. The summed E-state index contributed by atoms with van der Waals surface area (Å²) < 4.78 is 398. The number of rotatable bonds is 13. The lowest BCUT2D eigenvalue weighted by atomic mass is 9.73. The minimum atomic E-state index is -9.73. The van der Waals surface area contributed by atoms with Gasteiger partial charge in [0.05, 0.1) is 7.11 Å². The van der Waals surface area contributed by atoms with Crippen LogP contribution in [0.5, 0.6) is 0 Å². The van der Waals surface area contributed by atoms with Crippen molar-refractivity contribution in [1.82, 2.24) is 0 Å². The highest BCUT2D eigenvalue weighted by molar-refractivity contribution is 6.16. The summed E-state index contributed by atoms with van der Waals surface area (Å²) in [5.74, 6) is -76.8. The molecule has 0 aliphatic rings. The van der Waals surface area contributed by atoms with Crippen LogP contribution in [-0.4, -0.2) is 119 Å². The SMILES string of the molecule is COC(=O)C(F)(C(=O)C(F)(F)C(F)(C(=O)C(F)(F)C(F)(C(=O)C(F)(F)C(F)(C(=O)C(F)(F)C(F)(F)C(F)(F)F)C(F)(F)F)C(F)(F)F)C(F)(F)F)C(F)(F)F. The standard InChI is InChI=1S/C20H3F29O6/c1-55-6(54)7(21,16(35,36)37)2(50)11(25,26)8(22,17(38,39)40)3(51)12(27,28)9(23,18(41,42)43)4(52)13(29,30)10(24,19(44,45)46)5(53)14(31,32)15(33,34)20(47,48)49/h1H3. The molecule has 0 amide bonds. The molecule has 35 heteroatoms. The summed E-state index contributed by atoms with van der Waals surface area (Å²) in [5, 5.41) is 0. The predicted molar refractivity (Wildman–Crippen MR) is 102 cm³/mol. The maximum absolute atomic E-state index is 15.0. The monoisotopic (exact) mass is 890 g/mol. The van der Waals surface area contributed by atoms with E-state index in [9.17, 15) is 151 Å². The molecule has 4 atom stereocenters. The fourth-order valence-corrected chi connectivity index (χ4v) is 3.48. The summed E-state index contributed by atoms with van der Waals surface area (Å²) in [6.07, 6.45) is -43.5. The van der Waals surface area contributed by atoms with Crippen LogP contribution in [0.4, 0.5) is 127 Å². The van der Waals surface area contributed by atoms with Gasteiger partial charge in [-0.15, -0.1) is 0 Å². The normalized spacial score (nSPS) is 19.3. The molecule has 0 bridgehead atoms. The molecule has 0 aromatic carbocycles. The highest BCUT2D eigenvalue weighted by atomic mass is 19.4. The molecule has 0 aromatic rings. The second-order valence-corrected chi connectivity index (χ2v) is 9.80. The first-order valence-electron chi connectivity index (χ1n) is 11.6. The highest BCUT2D eigenvalue weighted by Crippen LogP contribution is 2.61. The van der Waals surface area contributed by atoms with Gasteiger partial charge in [-0.3, -0.25) is 19.2 Å². The van der Waals surface area contributed by atoms with Crippen molar-refractivity contribution in [2.24, 2.45) is 0 Å². The van der Waals surface area contributed by atoms with Crippen molar-refractivity contribution < 1.29 is 156 Å². The second kappa shape index (κ2) is 13.1. The lowest BCUT2D eigenvalue weighted by Gasteiger charge is -2.42. The molecule has 0 N–H and O–H groups in total. The van der Waals surface area contributed by atoms with Gasteiger partial charge in [-0.25, -0.2) is 22.4 Å². The minimum absolute atomic E-state index is 0.636. The van der Waals surface area contributed by atoms with Crippen LogP contribution in [0.25, 0.3) is 0 Å². The molecule has 0 radical (unpaired) electrons. The van der Waals surface area contributed by atoms with Crippen molar-refractivity contribution in [1.29, 1.82) is 0 Å². The molecule has 0 rings (SSSR count). The molecule has 322 valence electrons. The van der Waals surface area contributed by atoms with Gasteiger partial charge < -0.3 is 4.74 Å². The van der Waals surface area contributed by atoms with Gasteiger partial charge in [0, 0.05) is 0 Å². The van der Waals surface area contributed by atoms with Crippen molar-refractivity contribution in [3.8, 4) is 0 Å². The zero-order valence-electron chi connectivity index (χ0n) is 23.9. The number of hydrogen-bond donors (Lipinski definition) is 0. The molecular formula is C20H3F29O6. The Hall–Kier alpha value is -3.88. The molecule has 6 nitrogen and oxygen atoms in total. The van der Waals surface area contributed by atoms with E-state index in [1.165, 1.54) is 0 Å². The van der Waals surface area contributed by atoms with E-state index in [0.717, 1.165) is 0 Å². The molecule has 0 spiro atoms. The lowest BCUT2D eigenvalue weighted by molar-refractivity contribution is -0.355. The average molecular weight is 890 g/mol. The van der Waals surface area contributed by atoms with Crippen LogP contribution >= 0.6 is 0 Å². The van der Waals surface area contributed by atoms with Crippen LogP contribution in [-0.2, 0) is 28.7 Å². The predicted octanol–water partition coefficient (Wildman–Crippen LogP) is 7.26. The van der Waals surface area contributed by atoms with E-state index in [0.29, 0.717) is 0 Å². The van der Waals surface area contributed by atoms with Crippen LogP contribution in [0.2, 0.25) is 0 Å². The minimum Gasteiger partial charge on any atom is -0.466 e. The number of hydrogen-bond acceptors (Lipinski definition) is 6. The Morgan fingerprint density at radius 3 is 0.709 bits per heavy atom. The Balaban J connectivity index is 8.52. The quantitative estimate of drug-likeness (QED) is 0.110. The van der Waals surface area contributed by atoms with E-state index in [4.69, 9.17) is 0 Å². The van der Waals surface area contributed by atoms with E-state index in [1.807, 2.05) is 0 Å². The topological polar surface area (TPSA) is 94.6 Å². The van der Waals surface area contributed by atoms with Crippen LogP contribution < -0.4 is 0 Å². The Labute approximate surface area is 276 Å². The van der Waals surface area contributed by atoms with E-state index < -0.39 is 119 Å². The van der Waals surface area contributed by atoms with Gasteiger partial charge in [0.15, 0.2) is 0 Å². The van der Waals surface area contributed by atoms with Crippen LogP contribution in [0.3, 0.4) is 0 Å². The van der Waals surface area contributed by atoms with Crippen molar-refractivity contribution in [3.05, 3.63) is 0 Å². The molecule has 0 aliphatic carbocycles. The van der Waals surface area contributed by atoms with Crippen LogP contribution in [0.1, 0.15) is 0 Å². The van der Waals surface area contributed by atoms with Gasteiger partial charge >= 0.3 is 89.1 Å². The first-order valence-corrected chi connectivity index (χ1v) is 11.6. The lowest BCUT2D eigenvalue weighted by Crippen LogP contribution is -2.79. The average Bonchev–Trinajstić information content (AvgIpc) is 2.97. The molecule has 0 saturated heterocycles. The second-order valence-electron chi connectivity index (χ2n) is 9.80. The zero-order chi connectivity index (χ0) is 45.6. The van der Waals surface area contributed by atoms with Crippen molar-refractivity contribution >= 4 is 29.1 Å². The summed E-state index contributed by atoms with van der Waals surface area (Å²) in [5.41, 5.74) is -36.2. The number of halogens is 29. The number of carbonyl (C=O) groups excluding carboxylic acids is 5. The van der Waals surface area contributed by atoms with Gasteiger partial charge in [-0.2, -0.15) is 110 Å². The molecule has 0 heterocycles. The van der Waals surface area contributed by atoms with Gasteiger partial charge in [0.2, 0.25) is 0 Å². The summed E-state index contributed by atoms with van der Waals surface area (Å²) in [7, 11) is -0.636. The number of ether oxygens (including phenoxy) is 1. The highest BCUT2D eigenvalue weighted by Gasteiger charge is 2.95. The van der Waals surface area contributed by atoms with E-state index in [-0.39, 0.29) is 0 Å². The molecule has 0 saturated carbocycles. The third-order valence-corrected chi connectivity index (χ3v) is 6.47. The number of alkyl halides is 29. The van der Waals surface area contributed by atoms with Crippen LogP contribution in [0, 0.1) is 0 Å². The molecule has 0 fully saturated rings. The maximum Gasteiger partial charge on any atom is 0.460 e. The van der Waals surface area contributed by atoms with Gasteiger partial charge in [0.1, 0.15) is 0 Å². The van der Waals surface area contributed by atoms with E-state index in [1.54, 1.807) is 0 Å².